The highest BCUT2D eigenvalue weighted by Gasteiger charge is 2.41. The summed E-state index contributed by atoms with van der Waals surface area (Å²) in [7, 11) is 1.96. The monoisotopic (exact) mass is 231 g/mol. The first-order chi connectivity index (χ1) is 8.24. The molecule has 2 N–H and O–H groups in total. The summed E-state index contributed by atoms with van der Waals surface area (Å²) in [6.07, 6.45) is 2.13. The normalized spacial score (nSPS) is 17.5. The molecule has 17 heavy (non-hydrogen) atoms. The predicted octanol–water partition coefficient (Wildman–Crippen LogP) is 1.19. The molecule has 1 heterocycles. The highest BCUT2D eigenvalue weighted by molar-refractivity contribution is 5.81. The number of hydrogen-bond acceptors (Lipinski definition) is 3. The first kappa shape index (κ1) is 10.7. The Kier molecular flexibility index (Phi) is 2.42. The minimum Gasteiger partial charge on any atom is -0.394 e. The number of fused-ring (bicyclic) bond motifs is 1. The van der Waals surface area contributed by atoms with E-state index in [9.17, 15) is 5.11 Å². The van der Waals surface area contributed by atoms with Crippen molar-refractivity contribution in [2.24, 2.45) is 7.05 Å². The maximum Gasteiger partial charge on any atom is 0.0841 e. The molecule has 0 bridgehead atoms. The van der Waals surface area contributed by atoms with Crippen molar-refractivity contribution in [2.75, 3.05) is 6.61 Å². The average Bonchev–Trinajstić information content (AvgIpc) is 3.08. The number of para-hydroxylation sites is 1. The van der Waals surface area contributed by atoms with Crippen molar-refractivity contribution >= 4 is 10.9 Å². The van der Waals surface area contributed by atoms with Crippen LogP contribution in [-0.2, 0) is 13.6 Å². The van der Waals surface area contributed by atoms with Crippen molar-refractivity contribution in [1.82, 2.24) is 15.1 Å². The van der Waals surface area contributed by atoms with E-state index in [0.29, 0.717) is 0 Å². The van der Waals surface area contributed by atoms with Crippen molar-refractivity contribution in [1.29, 1.82) is 0 Å². The van der Waals surface area contributed by atoms with E-state index < -0.39 is 0 Å². The van der Waals surface area contributed by atoms with Crippen molar-refractivity contribution in [3.8, 4) is 0 Å². The molecule has 1 aromatic carbocycles. The fourth-order valence-corrected chi connectivity index (χ4v) is 2.23. The van der Waals surface area contributed by atoms with Crippen LogP contribution in [0.15, 0.2) is 24.3 Å². The van der Waals surface area contributed by atoms with Crippen molar-refractivity contribution in [2.45, 2.75) is 24.9 Å². The summed E-state index contributed by atoms with van der Waals surface area (Å²) >= 11 is 0. The molecule has 1 fully saturated rings. The molecule has 2 aromatic rings. The largest absolute Gasteiger partial charge is 0.394 e. The van der Waals surface area contributed by atoms with Crippen LogP contribution >= 0.6 is 0 Å². The fraction of sp³-hybridized carbons (Fsp3) is 0.462. The van der Waals surface area contributed by atoms with Gasteiger partial charge in [-0.15, -0.1) is 0 Å². The van der Waals surface area contributed by atoms with Crippen LogP contribution in [-0.4, -0.2) is 27.0 Å². The van der Waals surface area contributed by atoms with Gasteiger partial charge >= 0.3 is 0 Å². The van der Waals surface area contributed by atoms with Gasteiger partial charge in [0.15, 0.2) is 0 Å². The Hall–Kier alpha value is -1.39. The quantitative estimate of drug-likeness (QED) is 0.831. The SMILES string of the molecule is Cn1nc(CNC2(CO)CC2)c2ccccc21. The highest BCUT2D eigenvalue weighted by atomic mass is 16.3. The molecule has 0 radical (unpaired) electrons. The molecule has 0 saturated heterocycles. The van der Waals surface area contributed by atoms with Gasteiger partial charge in [0.1, 0.15) is 0 Å². The van der Waals surface area contributed by atoms with E-state index in [1.807, 2.05) is 23.9 Å². The van der Waals surface area contributed by atoms with Crippen LogP contribution in [0.4, 0.5) is 0 Å². The van der Waals surface area contributed by atoms with E-state index in [-0.39, 0.29) is 12.1 Å². The van der Waals surface area contributed by atoms with Crippen LogP contribution in [0, 0.1) is 0 Å². The topological polar surface area (TPSA) is 50.1 Å². The third-order valence-electron chi connectivity index (χ3n) is 3.62. The van der Waals surface area contributed by atoms with Gasteiger partial charge in [-0.1, -0.05) is 18.2 Å². The van der Waals surface area contributed by atoms with E-state index >= 15 is 0 Å². The third-order valence-corrected chi connectivity index (χ3v) is 3.62. The van der Waals surface area contributed by atoms with Crippen molar-refractivity contribution < 1.29 is 5.11 Å². The Morgan fingerprint density at radius 3 is 2.88 bits per heavy atom. The lowest BCUT2D eigenvalue weighted by Gasteiger charge is -2.12. The Morgan fingerprint density at radius 1 is 1.41 bits per heavy atom. The van der Waals surface area contributed by atoms with Gasteiger partial charge in [-0.05, 0) is 18.9 Å². The molecule has 1 saturated carbocycles. The Morgan fingerprint density at radius 2 is 2.18 bits per heavy atom. The Bertz CT molecular complexity index is 543. The van der Waals surface area contributed by atoms with Gasteiger partial charge in [0.2, 0.25) is 0 Å². The third kappa shape index (κ3) is 1.83. The van der Waals surface area contributed by atoms with Crippen molar-refractivity contribution in [3.63, 3.8) is 0 Å². The smallest absolute Gasteiger partial charge is 0.0841 e. The number of nitrogens with one attached hydrogen (secondary N) is 1. The number of hydrogen-bond donors (Lipinski definition) is 2. The molecule has 4 heteroatoms. The maximum atomic E-state index is 9.26. The first-order valence-corrected chi connectivity index (χ1v) is 6.01. The minimum atomic E-state index is -0.0291. The van der Waals surface area contributed by atoms with Crippen LogP contribution < -0.4 is 5.32 Å². The first-order valence-electron chi connectivity index (χ1n) is 6.01. The predicted molar refractivity (Wildman–Crippen MR) is 66.6 cm³/mol. The molecule has 0 aliphatic heterocycles. The molecule has 1 aliphatic rings. The second kappa shape index (κ2) is 3.82. The van der Waals surface area contributed by atoms with E-state index in [1.165, 1.54) is 5.39 Å². The summed E-state index contributed by atoms with van der Waals surface area (Å²) in [5.41, 5.74) is 2.18. The standard InChI is InChI=1S/C13H17N3O/c1-16-12-5-3-2-4-10(12)11(15-16)8-14-13(9-17)6-7-13/h2-5,14,17H,6-9H2,1H3. The minimum absolute atomic E-state index is 0.0291. The average molecular weight is 231 g/mol. The van der Waals surface area contributed by atoms with Crippen LogP contribution in [0.2, 0.25) is 0 Å². The number of nitrogens with zero attached hydrogens (tertiary/aromatic N) is 2. The van der Waals surface area contributed by atoms with Crippen LogP contribution in [0.25, 0.3) is 10.9 Å². The number of aromatic nitrogens is 2. The van der Waals surface area contributed by atoms with Gasteiger partial charge < -0.3 is 10.4 Å². The Balaban J connectivity index is 1.85. The van der Waals surface area contributed by atoms with Gasteiger partial charge in [-0.2, -0.15) is 5.10 Å². The molecular weight excluding hydrogens is 214 g/mol. The summed E-state index contributed by atoms with van der Waals surface area (Å²) in [4.78, 5) is 0. The second-order valence-electron chi connectivity index (χ2n) is 4.88. The zero-order chi connectivity index (χ0) is 11.9. The summed E-state index contributed by atoms with van der Waals surface area (Å²) in [5.74, 6) is 0. The van der Waals surface area contributed by atoms with Gasteiger partial charge in [0.05, 0.1) is 17.8 Å². The molecule has 0 atom stereocenters. The highest BCUT2D eigenvalue weighted by Crippen LogP contribution is 2.35. The summed E-state index contributed by atoms with van der Waals surface area (Å²) < 4.78 is 1.91. The Labute approximate surface area is 100 Å². The summed E-state index contributed by atoms with van der Waals surface area (Å²) in [6, 6.07) is 8.23. The molecule has 4 nitrogen and oxygen atoms in total. The molecule has 0 amide bonds. The van der Waals surface area contributed by atoms with Crippen LogP contribution in [0.3, 0.4) is 0 Å². The lowest BCUT2D eigenvalue weighted by atomic mass is 10.2. The lowest BCUT2D eigenvalue weighted by Crippen LogP contribution is -2.34. The molecule has 3 rings (SSSR count). The molecular formula is C13H17N3O. The fourth-order valence-electron chi connectivity index (χ4n) is 2.23. The second-order valence-corrected chi connectivity index (χ2v) is 4.88. The molecule has 1 aliphatic carbocycles. The summed E-state index contributed by atoms with van der Waals surface area (Å²) in [5, 5.41) is 18.4. The zero-order valence-electron chi connectivity index (χ0n) is 9.98. The van der Waals surface area contributed by atoms with Crippen LogP contribution in [0.1, 0.15) is 18.5 Å². The summed E-state index contributed by atoms with van der Waals surface area (Å²) in [6.45, 7) is 0.944. The molecule has 90 valence electrons. The molecule has 0 unspecified atom stereocenters. The van der Waals surface area contributed by atoms with Crippen molar-refractivity contribution in [3.05, 3.63) is 30.0 Å². The van der Waals surface area contributed by atoms with Gasteiger partial charge in [-0.3, -0.25) is 4.68 Å². The zero-order valence-corrected chi connectivity index (χ0v) is 9.98. The van der Waals surface area contributed by atoms with Gasteiger partial charge in [0.25, 0.3) is 0 Å². The number of rotatable bonds is 4. The lowest BCUT2D eigenvalue weighted by molar-refractivity contribution is 0.229. The van der Waals surface area contributed by atoms with Crippen LogP contribution in [0.5, 0.6) is 0 Å². The number of aliphatic hydroxyl groups excluding tert-OH is 1. The van der Waals surface area contributed by atoms with Gasteiger partial charge in [0, 0.05) is 24.5 Å². The number of benzene rings is 1. The van der Waals surface area contributed by atoms with E-state index in [1.54, 1.807) is 0 Å². The van der Waals surface area contributed by atoms with E-state index in [2.05, 4.69) is 22.5 Å². The molecule has 1 aromatic heterocycles. The van der Waals surface area contributed by atoms with E-state index in [4.69, 9.17) is 0 Å². The van der Waals surface area contributed by atoms with Gasteiger partial charge in [-0.25, -0.2) is 0 Å². The molecule has 0 spiro atoms. The number of aryl methyl sites for hydroxylation is 1. The van der Waals surface area contributed by atoms with E-state index in [0.717, 1.165) is 30.6 Å². The number of aliphatic hydroxyl groups is 1. The maximum absolute atomic E-state index is 9.26.